The quantitative estimate of drug-likeness (QED) is 0.567. The van der Waals surface area contributed by atoms with Gasteiger partial charge in [-0.05, 0) is 44.1 Å². The van der Waals surface area contributed by atoms with Crippen molar-refractivity contribution in [3.05, 3.63) is 34.3 Å². The molecule has 0 unspecified atom stereocenters. The Kier molecular flexibility index (Phi) is 6.30. The van der Waals surface area contributed by atoms with Crippen molar-refractivity contribution in [1.82, 2.24) is 4.90 Å². The summed E-state index contributed by atoms with van der Waals surface area (Å²) in [4.78, 5) is 2.33. The van der Waals surface area contributed by atoms with E-state index in [9.17, 15) is 0 Å². The fourth-order valence-electron chi connectivity index (χ4n) is 1.46. The van der Waals surface area contributed by atoms with Gasteiger partial charge in [-0.3, -0.25) is 0 Å². The summed E-state index contributed by atoms with van der Waals surface area (Å²) < 4.78 is 1.14. The molecule has 0 aliphatic rings. The van der Waals surface area contributed by atoms with Crippen molar-refractivity contribution in [1.29, 1.82) is 0 Å². The van der Waals surface area contributed by atoms with Gasteiger partial charge in [-0.1, -0.05) is 28.1 Å². The number of rotatable bonds is 6. The fraction of sp³-hybridized carbons (Fsp3) is 0.500. The molecule has 1 rings (SSSR count). The normalized spacial score (nSPS) is 10.9. The first-order chi connectivity index (χ1) is 7.22. The van der Waals surface area contributed by atoms with Crippen molar-refractivity contribution in [2.24, 2.45) is 0 Å². The summed E-state index contributed by atoms with van der Waals surface area (Å²) in [6, 6.07) is 8.48. The van der Waals surface area contributed by atoms with E-state index in [0.717, 1.165) is 29.9 Å². The molecule has 0 aliphatic heterocycles. The summed E-state index contributed by atoms with van der Waals surface area (Å²) in [7, 11) is 2.15. The van der Waals surface area contributed by atoms with Crippen molar-refractivity contribution in [3.63, 3.8) is 0 Å². The summed E-state index contributed by atoms with van der Waals surface area (Å²) >= 11 is 9.07. The average molecular weight is 291 g/mol. The molecule has 0 fully saturated rings. The van der Waals surface area contributed by atoms with Gasteiger partial charge in [0.1, 0.15) is 0 Å². The molecule has 0 N–H and O–H groups in total. The topological polar surface area (TPSA) is 3.24 Å². The lowest BCUT2D eigenvalue weighted by atomic mass is 10.2. The second-order valence-electron chi connectivity index (χ2n) is 3.76. The summed E-state index contributed by atoms with van der Waals surface area (Å²) in [6.07, 6.45) is 2.28. The Hall–Kier alpha value is -0.0500. The second-order valence-corrected chi connectivity index (χ2v) is 5.05. The van der Waals surface area contributed by atoms with Gasteiger partial charge in [0, 0.05) is 16.9 Å². The molecule has 0 bridgehead atoms. The van der Waals surface area contributed by atoms with Crippen LogP contribution in [0.15, 0.2) is 28.7 Å². The predicted molar refractivity (Wildman–Crippen MR) is 70.4 cm³/mol. The lowest BCUT2D eigenvalue weighted by molar-refractivity contribution is 0.321. The Morgan fingerprint density at radius 3 is 2.47 bits per heavy atom. The SMILES string of the molecule is CN(CCCCCl)Cc1ccc(Br)cc1. The van der Waals surface area contributed by atoms with E-state index in [4.69, 9.17) is 11.6 Å². The van der Waals surface area contributed by atoms with Gasteiger partial charge in [0.15, 0.2) is 0 Å². The molecule has 0 saturated heterocycles. The molecule has 0 radical (unpaired) electrons. The molecule has 0 aliphatic carbocycles. The van der Waals surface area contributed by atoms with Gasteiger partial charge in [0.2, 0.25) is 0 Å². The summed E-state index contributed by atoms with van der Waals surface area (Å²) in [5.74, 6) is 0.770. The second kappa shape index (κ2) is 7.26. The first-order valence-corrected chi connectivity index (χ1v) is 6.54. The summed E-state index contributed by atoms with van der Waals surface area (Å²) in [6.45, 7) is 2.12. The largest absolute Gasteiger partial charge is 0.302 e. The maximum absolute atomic E-state index is 5.64. The molecule has 0 aromatic heterocycles. The molecule has 0 spiro atoms. The third kappa shape index (κ3) is 5.55. The van der Waals surface area contributed by atoms with Crippen LogP contribution in [0, 0.1) is 0 Å². The van der Waals surface area contributed by atoms with E-state index < -0.39 is 0 Å². The van der Waals surface area contributed by atoms with Gasteiger partial charge in [-0.25, -0.2) is 0 Å². The van der Waals surface area contributed by atoms with Gasteiger partial charge < -0.3 is 4.90 Å². The minimum Gasteiger partial charge on any atom is -0.302 e. The van der Waals surface area contributed by atoms with E-state index in [1.807, 2.05) is 0 Å². The first-order valence-electron chi connectivity index (χ1n) is 5.21. The van der Waals surface area contributed by atoms with Gasteiger partial charge >= 0.3 is 0 Å². The van der Waals surface area contributed by atoms with E-state index in [2.05, 4.69) is 52.1 Å². The molecule has 1 aromatic carbocycles. The highest BCUT2D eigenvalue weighted by atomic mass is 79.9. The third-order valence-electron chi connectivity index (χ3n) is 2.29. The molecule has 1 nitrogen and oxygen atoms in total. The van der Waals surface area contributed by atoms with Crippen molar-refractivity contribution < 1.29 is 0 Å². The summed E-state index contributed by atoms with van der Waals surface area (Å²) in [5, 5.41) is 0. The van der Waals surface area contributed by atoms with Crippen LogP contribution in [0.1, 0.15) is 18.4 Å². The van der Waals surface area contributed by atoms with Gasteiger partial charge in [0.25, 0.3) is 0 Å². The maximum atomic E-state index is 5.64. The monoisotopic (exact) mass is 289 g/mol. The number of hydrogen-bond donors (Lipinski definition) is 0. The maximum Gasteiger partial charge on any atom is 0.0230 e. The van der Waals surface area contributed by atoms with Crippen LogP contribution >= 0.6 is 27.5 Å². The van der Waals surface area contributed by atoms with Crippen LogP contribution in [0.25, 0.3) is 0 Å². The van der Waals surface area contributed by atoms with E-state index >= 15 is 0 Å². The van der Waals surface area contributed by atoms with Crippen LogP contribution in [-0.4, -0.2) is 24.4 Å². The average Bonchev–Trinajstić information content (AvgIpc) is 2.22. The van der Waals surface area contributed by atoms with E-state index in [-0.39, 0.29) is 0 Å². The number of halogens is 2. The standard InChI is InChI=1S/C12H17BrClN/c1-15(9-3-2-8-14)10-11-4-6-12(13)7-5-11/h4-7H,2-3,8-10H2,1H3. The predicted octanol–water partition coefficient (Wildman–Crippen LogP) is 3.90. The smallest absolute Gasteiger partial charge is 0.0230 e. The lowest BCUT2D eigenvalue weighted by Crippen LogP contribution is -2.19. The van der Waals surface area contributed by atoms with Gasteiger partial charge in [-0.2, -0.15) is 0 Å². The minimum atomic E-state index is 0.770. The molecule has 0 saturated carbocycles. The number of hydrogen-bond acceptors (Lipinski definition) is 1. The van der Waals surface area contributed by atoms with Crippen LogP contribution in [0.3, 0.4) is 0 Å². The van der Waals surface area contributed by atoms with E-state index in [1.54, 1.807) is 0 Å². The Bertz CT molecular complexity index is 273. The Morgan fingerprint density at radius 1 is 1.20 bits per heavy atom. The Balaban J connectivity index is 2.31. The molecular weight excluding hydrogens is 273 g/mol. The van der Waals surface area contributed by atoms with Crippen LogP contribution in [0.4, 0.5) is 0 Å². The van der Waals surface area contributed by atoms with Gasteiger partial charge in [0.05, 0.1) is 0 Å². The van der Waals surface area contributed by atoms with Crippen molar-refractivity contribution in [3.8, 4) is 0 Å². The Morgan fingerprint density at radius 2 is 1.87 bits per heavy atom. The van der Waals surface area contributed by atoms with Crippen molar-refractivity contribution in [2.45, 2.75) is 19.4 Å². The molecular formula is C12H17BrClN. The molecule has 84 valence electrons. The van der Waals surface area contributed by atoms with E-state index in [1.165, 1.54) is 12.0 Å². The van der Waals surface area contributed by atoms with Crippen LogP contribution in [0.5, 0.6) is 0 Å². The third-order valence-corrected chi connectivity index (χ3v) is 3.09. The zero-order valence-corrected chi connectivity index (χ0v) is 11.4. The number of alkyl halides is 1. The highest BCUT2D eigenvalue weighted by Gasteiger charge is 1.99. The molecule has 0 amide bonds. The zero-order chi connectivity index (χ0) is 11.1. The zero-order valence-electron chi connectivity index (χ0n) is 9.05. The van der Waals surface area contributed by atoms with E-state index in [0.29, 0.717) is 0 Å². The number of nitrogens with zero attached hydrogens (tertiary/aromatic N) is 1. The van der Waals surface area contributed by atoms with Gasteiger partial charge in [-0.15, -0.1) is 11.6 Å². The van der Waals surface area contributed by atoms with Crippen LogP contribution < -0.4 is 0 Å². The van der Waals surface area contributed by atoms with Crippen LogP contribution in [0.2, 0.25) is 0 Å². The number of unbranched alkanes of at least 4 members (excludes halogenated alkanes) is 1. The van der Waals surface area contributed by atoms with Crippen LogP contribution in [-0.2, 0) is 6.54 Å². The lowest BCUT2D eigenvalue weighted by Gasteiger charge is -2.16. The molecule has 0 heterocycles. The number of benzene rings is 1. The fourth-order valence-corrected chi connectivity index (χ4v) is 1.91. The molecule has 3 heteroatoms. The first kappa shape index (κ1) is 13.0. The highest BCUT2D eigenvalue weighted by molar-refractivity contribution is 9.10. The summed E-state index contributed by atoms with van der Waals surface area (Å²) in [5.41, 5.74) is 1.35. The minimum absolute atomic E-state index is 0.770. The Labute approximate surface area is 106 Å². The molecule has 0 atom stereocenters. The highest BCUT2D eigenvalue weighted by Crippen LogP contribution is 2.11. The molecule has 1 aromatic rings. The van der Waals surface area contributed by atoms with Crippen molar-refractivity contribution in [2.75, 3.05) is 19.5 Å². The van der Waals surface area contributed by atoms with Crippen molar-refractivity contribution >= 4 is 27.5 Å². The molecule has 15 heavy (non-hydrogen) atoms.